The minimum atomic E-state index is -0.686. The third-order valence-electron chi connectivity index (χ3n) is 6.11. The van der Waals surface area contributed by atoms with Crippen LogP contribution in [-0.4, -0.2) is 53.5 Å². The number of anilines is 1. The lowest BCUT2D eigenvalue weighted by Gasteiger charge is -2.29. The van der Waals surface area contributed by atoms with Crippen molar-refractivity contribution in [1.82, 2.24) is 15.0 Å². The highest BCUT2D eigenvalue weighted by molar-refractivity contribution is 6.03. The Morgan fingerprint density at radius 3 is 2.44 bits per heavy atom. The van der Waals surface area contributed by atoms with Crippen molar-refractivity contribution in [2.24, 2.45) is 0 Å². The molecule has 2 aromatic carbocycles. The summed E-state index contributed by atoms with van der Waals surface area (Å²) < 4.78 is 41.9. The standard InChI is InChI=1S/C25H24F2N4O3.C2H6/c1-4-16-18(26)6-5-14-11-15(32)12-17(19(14)16)22-21(27)23-20(25(30-22)33-3)24(29-13(2)28-23)31-7-9-34-10-8-31;1-2/h5-6,11-12,32H,4,7-10H2,1-3H3;1-2H3. The van der Waals surface area contributed by atoms with Crippen LogP contribution in [0.3, 0.4) is 0 Å². The van der Waals surface area contributed by atoms with Crippen molar-refractivity contribution in [3.8, 4) is 22.9 Å². The summed E-state index contributed by atoms with van der Waals surface area (Å²) >= 11 is 0. The first-order valence-corrected chi connectivity index (χ1v) is 12.1. The van der Waals surface area contributed by atoms with E-state index in [4.69, 9.17) is 9.47 Å². The normalized spacial score (nSPS) is 13.6. The summed E-state index contributed by atoms with van der Waals surface area (Å²) in [6.07, 6.45) is 0.385. The van der Waals surface area contributed by atoms with Crippen LogP contribution < -0.4 is 9.64 Å². The number of pyridine rings is 1. The fourth-order valence-corrected chi connectivity index (χ4v) is 4.59. The van der Waals surface area contributed by atoms with Crippen LogP contribution in [0.2, 0.25) is 0 Å². The number of morpholine rings is 1. The molecule has 1 saturated heterocycles. The molecule has 1 aliphatic heterocycles. The summed E-state index contributed by atoms with van der Waals surface area (Å²) in [6, 6.07) is 5.83. The first kappa shape index (κ1) is 25.5. The van der Waals surface area contributed by atoms with E-state index in [1.165, 1.54) is 25.3 Å². The summed E-state index contributed by atoms with van der Waals surface area (Å²) in [4.78, 5) is 15.5. The average molecular weight is 497 g/mol. The fraction of sp³-hybridized carbons (Fsp3) is 0.370. The predicted octanol–water partition coefficient (Wildman–Crippen LogP) is 5.57. The van der Waals surface area contributed by atoms with Gasteiger partial charge >= 0.3 is 0 Å². The molecule has 0 unspecified atom stereocenters. The first-order chi connectivity index (χ1) is 17.4. The zero-order valence-electron chi connectivity index (χ0n) is 21.2. The van der Waals surface area contributed by atoms with Crippen molar-refractivity contribution < 1.29 is 23.4 Å². The van der Waals surface area contributed by atoms with Gasteiger partial charge < -0.3 is 19.5 Å². The molecule has 0 aliphatic carbocycles. The lowest BCUT2D eigenvalue weighted by Crippen LogP contribution is -2.37. The molecule has 0 bridgehead atoms. The number of hydrogen-bond donors (Lipinski definition) is 1. The lowest BCUT2D eigenvalue weighted by molar-refractivity contribution is 0.122. The molecule has 36 heavy (non-hydrogen) atoms. The van der Waals surface area contributed by atoms with Crippen molar-refractivity contribution in [2.45, 2.75) is 34.1 Å². The number of aromatic nitrogens is 3. The Hall–Kier alpha value is -3.59. The molecule has 0 atom stereocenters. The minimum absolute atomic E-state index is 0.0572. The maximum absolute atomic E-state index is 16.2. The SMILES string of the molecule is CC.CCc1c(F)ccc2cc(O)cc(-c3nc(OC)c4c(N5CCOCC5)nc(C)nc4c3F)c12. The highest BCUT2D eigenvalue weighted by atomic mass is 19.1. The summed E-state index contributed by atoms with van der Waals surface area (Å²) in [6.45, 7) is 9.76. The van der Waals surface area contributed by atoms with Crippen molar-refractivity contribution in [1.29, 1.82) is 0 Å². The van der Waals surface area contributed by atoms with E-state index in [9.17, 15) is 9.50 Å². The topological polar surface area (TPSA) is 80.6 Å². The molecule has 3 heterocycles. The molecule has 2 aromatic heterocycles. The predicted molar refractivity (Wildman–Crippen MR) is 137 cm³/mol. The minimum Gasteiger partial charge on any atom is -0.508 e. The Labute approximate surface area is 208 Å². The van der Waals surface area contributed by atoms with Gasteiger partial charge in [-0.05, 0) is 47.9 Å². The van der Waals surface area contributed by atoms with E-state index in [1.54, 1.807) is 13.0 Å². The summed E-state index contributed by atoms with van der Waals surface area (Å²) in [5.74, 6) is -0.0881. The Morgan fingerprint density at radius 2 is 1.78 bits per heavy atom. The molecule has 190 valence electrons. The Balaban J connectivity index is 0.00000148. The van der Waals surface area contributed by atoms with Crippen LogP contribution in [-0.2, 0) is 11.2 Å². The van der Waals surface area contributed by atoms with Crippen LogP contribution in [0, 0.1) is 18.6 Å². The Bertz CT molecular complexity index is 1420. The van der Waals surface area contributed by atoms with Crippen molar-refractivity contribution >= 4 is 27.5 Å². The quantitative estimate of drug-likeness (QED) is 0.396. The second-order valence-electron chi connectivity index (χ2n) is 8.17. The van der Waals surface area contributed by atoms with Gasteiger partial charge in [0.15, 0.2) is 5.82 Å². The van der Waals surface area contributed by atoms with E-state index in [0.717, 1.165) is 0 Å². The number of benzene rings is 2. The first-order valence-electron chi connectivity index (χ1n) is 12.1. The molecule has 0 saturated carbocycles. The monoisotopic (exact) mass is 496 g/mol. The van der Waals surface area contributed by atoms with Gasteiger partial charge in [0.05, 0.1) is 20.3 Å². The second kappa shape index (κ2) is 10.6. The van der Waals surface area contributed by atoms with Gasteiger partial charge in [0.2, 0.25) is 5.88 Å². The Kier molecular flexibility index (Phi) is 7.49. The molecule has 9 heteroatoms. The van der Waals surface area contributed by atoms with E-state index >= 15 is 4.39 Å². The number of methoxy groups -OCH3 is 1. The maximum Gasteiger partial charge on any atom is 0.227 e. The number of phenolic OH excluding ortho intramolecular Hbond substituents is 1. The summed E-state index contributed by atoms with van der Waals surface area (Å²) in [5.41, 5.74) is 0.673. The number of phenols is 1. The molecular formula is C27H30F2N4O3. The van der Waals surface area contributed by atoms with Crippen LogP contribution in [0.1, 0.15) is 32.2 Å². The number of rotatable bonds is 4. The van der Waals surface area contributed by atoms with Crippen molar-refractivity contribution in [2.75, 3.05) is 38.3 Å². The van der Waals surface area contributed by atoms with E-state index in [0.29, 0.717) is 66.1 Å². The van der Waals surface area contributed by atoms with Crippen LogP contribution in [0.4, 0.5) is 14.6 Å². The van der Waals surface area contributed by atoms with Gasteiger partial charge in [-0.2, -0.15) is 0 Å². The molecule has 5 rings (SSSR count). The van der Waals surface area contributed by atoms with E-state index in [2.05, 4.69) is 15.0 Å². The zero-order chi connectivity index (χ0) is 26.0. The molecule has 1 fully saturated rings. The molecule has 4 aromatic rings. The number of ether oxygens (including phenoxy) is 2. The van der Waals surface area contributed by atoms with Gasteiger partial charge in [-0.3, -0.25) is 0 Å². The molecular weight excluding hydrogens is 466 g/mol. The van der Waals surface area contributed by atoms with E-state index in [1.807, 2.05) is 25.7 Å². The number of aryl methyl sites for hydroxylation is 2. The summed E-state index contributed by atoms with van der Waals surface area (Å²) in [7, 11) is 1.45. The highest BCUT2D eigenvalue weighted by Crippen LogP contribution is 2.41. The van der Waals surface area contributed by atoms with E-state index < -0.39 is 11.6 Å². The van der Waals surface area contributed by atoms with Gasteiger partial charge in [-0.1, -0.05) is 26.8 Å². The van der Waals surface area contributed by atoms with Crippen LogP contribution in [0.5, 0.6) is 11.6 Å². The van der Waals surface area contributed by atoms with Crippen LogP contribution in [0.25, 0.3) is 32.9 Å². The lowest BCUT2D eigenvalue weighted by atomic mass is 9.94. The smallest absolute Gasteiger partial charge is 0.227 e. The molecule has 1 N–H and O–H groups in total. The fourth-order valence-electron chi connectivity index (χ4n) is 4.59. The number of nitrogens with zero attached hydrogens (tertiary/aromatic N) is 4. The third kappa shape index (κ3) is 4.39. The molecule has 0 spiro atoms. The average Bonchev–Trinajstić information content (AvgIpc) is 2.90. The molecule has 1 aliphatic rings. The second-order valence-corrected chi connectivity index (χ2v) is 8.17. The maximum atomic E-state index is 16.2. The van der Waals surface area contributed by atoms with Gasteiger partial charge in [-0.15, -0.1) is 0 Å². The van der Waals surface area contributed by atoms with Gasteiger partial charge in [0, 0.05) is 18.7 Å². The highest BCUT2D eigenvalue weighted by Gasteiger charge is 2.26. The third-order valence-corrected chi connectivity index (χ3v) is 6.11. The largest absolute Gasteiger partial charge is 0.508 e. The number of aromatic hydroxyl groups is 1. The van der Waals surface area contributed by atoms with Crippen molar-refractivity contribution in [3.05, 3.63) is 47.3 Å². The molecule has 7 nitrogen and oxygen atoms in total. The zero-order valence-corrected chi connectivity index (χ0v) is 21.2. The number of hydrogen-bond acceptors (Lipinski definition) is 7. The van der Waals surface area contributed by atoms with Gasteiger partial charge in [0.25, 0.3) is 0 Å². The molecule has 0 radical (unpaired) electrons. The number of fused-ring (bicyclic) bond motifs is 2. The molecule has 0 amide bonds. The van der Waals surface area contributed by atoms with Crippen LogP contribution >= 0.6 is 0 Å². The van der Waals surface area contributed by atoms with E-state index in [-0.39, 0.29) is 28.4 Å². The van der Waals surface area contributed by atoms with Crippen LogP contribution in [0.15, 0.2) is 24.3 Å². The summed E-state index contributed by atoms with van der Waals surface area (Å²) in [5, 5.41) is 11.8. The van der Waals surface area contributed by atoms with Crippen molar-refractivity contribution in [3.63, 3.8) is 0 Å². The Morgan fingerprint density at radius 1 is 1.06 bits per heavy atom. The van der Waals surface area contributed by atoms with Gasteiger partial charge in [-0.25, -0.2) is 23.7 Å². The van der Waals surface area contributed by atoms with Gasteiger partial charge in [0.1, 0.15) is 39.8 Å². The number of halogens is 2.